The molecule has 0 aliphatic rings. The molecule has 84 valence electrons. The van der Waals surface area contributed by atoms with Crippen LogP contribution in [0.5, 0.6) is 0 Å². The number of ether oxygens (including phenoxy) is 1. The molecule has 0 unspecified atom stereocenters. The molecule has 0 bridgehead atoms. The molecule has 2 heteroatoms. The highest BCUT2D eigenvalue weighted by Gasteiger charge is 1.96. The maximum atomic E-state index is 11.2. The first-order chi connectivity index (χ1) is 7.83. The van der Waals surface area contributed by atoms with Gasteiger partial charge in [0.25, 0.3) is 0 Å². The summed E-state index contributed by atoms with van der Waals surface area (Å²) in [6, 6.07) is 9.86. The molecule has 0 radical (unpaired) electrons. The van der Waals surface area contributed by atoms with Crippen molar-refractivity contribution in [1.29, 1.82) is 0 Å². The lowest BCUT2D eigenvalue weighted by Gasteiger charge is -1.97. The zero-order valence-electron chi connectivity index (χ0n) is 9.43. The van der Waals surface area contributed by atoms with E-state index in [0.29, 0.717) is 13.0 Å². The molecular formula is C14H16O2. The topological polar surface area (TPSA) is 26.3 Å². The van der Waals surface area contributed by atoms with Gasteiger partial charge in [0.05, 0.1) is 6.42 Å². The van der Waals surface area contributed by atoms with Crippen molar-refractivity contribution in [2.24, 2.45) is 0 Å². The summed E-state index contributed by atoms with van der Waals surface area (Å²) in [5.41, 5.74) is 1.09. The van der Waals surface area contributed by atoms with Gasteiger partial charge in [-0.25, -0.2) is 0 Å². The van der Waals surface area contributed by atoms with Gasteiger partial charge in [-0.3, -0.25) is 4.79 Å². The summed E-state index contributed by atoms with van der Waals surface area (Å²) < 4.78 is 4.94. The molecule has 0 aliphatic carbocycles. The quantitative estimate of drug-likeness (QED) is 0.558. The van der Waals surface area contributed by atoms with Gasteiger partial charge < -0.3 is 4.74 Å². The fourth-order valence-corrected chi connectivity index (χ4v) is 1.15. The fourth-order valence-electron chi connectivity index (χ4n) is 1.15. The Kier molecular flexibility index (Phi) is 5.71. The third-order valence-corrected chi connectivity index (χ3v) is 1.97. The molecule has 0 spiro atoms. The van der Waals surface area contributed by atoms with E-state index in [1.165, 1.54) is 0 Å². The first kappa shape index (κ1) is 12.2. The summed E-state index contributed by atoms with van der Waals surface area (Å²) in [5, 5.41) is 0. The lowest BCUT2D eigenvalue weighted by molar-refractivity contribution is -0.141. The number of esters is 1. The third-order valence-electron chi connectivity index (χ3n) is 1.97. The predicted octanol–water partition coefficient (Wildman–Crippen LogP) is 3.21. The molecule has 0 saturated heterocycles. The molecule has 16 heavy (non-hydrogen) atoms. The van der Waals surface area contributed by atoms with Crippen LogP contribution < -0.4 is 0 Å². The fraction of sp³-hybridized carbons (Fsp3) is 0.214. The Morgan fingerprint density at radius 1 is 1.25 bits per heavy atom. The van der Waals surface area contributed by atoms with Crippen molar-refractivity contribution in [1.82, 2.24) is 0 Å². The first-order valence-corrected chi connectivity index (χ1v) is 5.31. The number of hydrogen-bond donors (Lipinski definition) is 0. The second-order valence-electron chi connectivity index (χ2n) is 3.27. The molecule has 0 saturated carbocycles. The maximum Gasteiger partial charge on any atom is 0.309 e. The summed E-state index contributed by atoms with van der Waals surface area (Å²) in [5.74, 6) is -0.203. The zero-order valence-corrected chi connectivity index (χ0v) is 9.43. The van der Waals surface area contributed by atoms with Crippen molar-refractivity contribution >= 4 is 12.0 Å². The molecule has 0 heterocycles. The van der Waals surface area contributed by atoms with E-state index in [0.717, 1.165) is 5.56 Å². The van der Waals surface area contributed by atoms with Crippen molar-refractivity contribution in [3.63, 3.8) is 0 Å². The first-order valence-electron chi connectivity index (χ1n) is 5.31. The lowest BCUT2D eigenvalue weighted by atomic mass is 10.2. The van der Waals surface area contributed by atoms with E-state index >= 15 is 0 Å². The highest BCUT2D eigenvalue weighted by Crippen LogP contribution is 2.02. The van der Waals surface area contributed by atoms with Gasteiger partial charge in [0.15, 0.2) is 0 Å². The Labute approximate surface area is 96.2 Å². The minimum absolute atomic E-state index is 0.203. The van der Waals surface area contributed by atoms with Gasteiger partial charge in [-0.05, 0) is 12.5 Å². The van der Waals surface area contributed by atoms with Gasteiger partial charge in [0.1, 0.15) is 6.61 Å². The average Bonchev–Trinajstić information content (AvgIpc) is 2.31. The Morgan fingerprint density at radius 2 is 2.00 bits per heavy atom. The largest absolute Gasteiger partial charge is 0.461 e. The predicted molar refractivity (Wildman–Crippen MR) is 65.9 cm³/mol. The number of rotatable bonds is 5. The molecule has 0 N–H and O–H groups in total. The lowest BCUT2D eigenvalue weighted by Crippen LogP contribution is -2.02. The average molecular weight is 216 g/mol. The Hall–Kier alpha value is -1.83. The monoisotopic (exact) mass is 216 g/mol. The Balaban J connectivity index is 2.29. The number of carbonyl (C=O) groups excluding carboxylic acids is 1. The molecule has 1 aromatic carbocycles. The normalized spacial score (nSPS) is 11.1. The molecule has 0 amide bonds. The summed E-state index contributed by atoms with van der Waals surface area (Å²) in [7, 11) is 0. The van der Waals surface area contributed by atoms with Crippen LogP contribution in [0, 0.1) is 0 Å². The summed E-state index contributed by atoms with van der Waals surface area (Å²) in [4.78, 5) is 11.2. The minimum atomic E-state index is -0.203. The number of hydrogen-bond acceptors (Lipinski definition) is 2. The smallest absolute Gasteiger partial charge is 0.309 e. The van der Waals surface area contributed by atoms with Gasteiger partial charge in [0.2, 0.25) is 0 Å². The molecule has 1 aromatic rings. The minimum Gasteiger partial charge on any atom is -0.461 e. The van der Waals surface area contributed by atoms with E-state index in [9.17, 15) is 4.79 Å². The number of carbonyl (C=O) groups is 1. The van der Waals surface area contributed by atoms with E-state index in [1.54, 1.807) is 6.08 Å². The highest BCUT2D eigenvalue weighted by atomic mass is 16.5. The molecule has 0 aliphatic heterocycles. The van der Waals surface area contributed by atoms with E-state index in [1.807, 2.05) is 55.5 Å². The van der Waals surface area contributed by atoms with Crippen molar-refractivity contribution < 1.29 is 9.53 Å². The van der Waals surface area contributed by atoms with E-state index in [4.69, 9.17) is 4.74 Å². The van der Waals surface area contributed by atoms with Gasteiger partial charge in [0, 0.05) is 0 Å². The second kappa shape index (κ2) is 7.46. The maximum absolute atomic E-state index is 11.2. The standard InChI is InChI=1S/C14H16O2/c1-2-3-12-16-14(15)11-7-10-13-8-5-4-6-9-13/h2-10H,11-12H2,1H3/b3-2+,10-7+. The van der Waals surface area contributed by atoms with Crippen LogP contribution in [-0.4, -0.2) is 12.6 Å². The summed E-state index contributed by atoms with van der Waals surface area (Å²) in [6.45, 7) is 2.25. The second-order valence-corrected chi connectivity index (χ2v) is 3.27. The number of allylic oxidation sites excluding steroid dienone is 1. The van der Waals surface area contributed by atoms with Crippen molar-refractivity contribution in [2.75, 3.05) is 6.61 Å². The number of benzene rings is 1. The van der Waals surface area contributed by atoms with Crippen molar-refractivity contribution in [3.8, 4) is 0 Å². The zero-order chi connectivity index (χ0) is 11.6. The van der Waals surface area contributed by atoms with Crippen LogP contribution in [0.3, 0.4) is 0 Å². The molecular weight excluding hydrogens is 200 g/mol. The molecule has 0 atom stereocenters. The van der Waals surface area contributed by atoms with Gasteiger partial charge in [-0.2, -0.15) is 0 Å². The molecule has 0 fully saturated rings. The van der Waals surface area contributed by atoms with E-state index in [-0.39, 0.29) is 5.97 Å². The highest BCUT2D eigenvalue weighted by molar-refractivity contribution is 5.72. The molecule has 2 nitrogen and oxygen atoms in total. The van der Waals surface area contributed by atoms with Crippen LogP contribution in [0.1, 0.15) is 18.9 Å². The van der Waals surface area contributed by atoms with Gasteiger partial charge in [-0.15, -0.1) is 0 Å². The van der Waals surface area contributed by atoms with Gasteiger partial charge >= 0.3 is 5.97 Å². The van der Waals surface area contributed by atoms with E-state index in [2.05, 4.69) is 0 Å². The SMILES string of the molecule is C/C=C/COC(=O)C/C=C/c1ccccc1. The summed E-state index contributed by atoms with van der Waals surface area (Å²) in [6.07, 6.45) is 7.70. The molecule has 1 rings (SSSR count). The Morgan fingerprint density at radius 3 is 2.69 bits per heavy atom. The van der Waals surface area contributed by atoms with Crippen LogP contribution in [0.15, 0.2) is 48.6 Å². The Bertz CT molecular complexity index is 364. The van der Waals surface area contributed by atoms with Crippen LogP contribution in [0.25, 0.3) is 6.08 Å². The van der Waals surface area contributed by atoms with Crippen LogP contribution in [0.4, 0.5) is 0 Å². The van der Waals surface area contributed by atoms with Crippen LogP contribution >= 0.6 is 0 Å². The van der Waals surface area contributed by atoms with Crippen LogP contribution in [-0.2, 0) is 9.53 Å². The van der Waals surface area contributed by atoms with Crippen molar-refractivity contribution in [3.05, 3.63) is 54.1 Å². The van der Waals surface area contributed by atoms with Crippen molar-refractivity contribution in [2.45, 2.75) is 13.3 Å². The van der Waals surface area contributed by atoms with E-state index < -0.39 is 0 Å². The molecule has 0 aromatic heterocycles. The van der Waals surface area contributed by atoms with Crippen LogP contribution in [0.2, 0.25) is 0 Å². The third kappa shape index (κ3) is 5.15. The van der Waals surface area contributed by atoms with Gasteiger partial charge in [-0.1, -0.05) is 54.6 Å². The summed E-state index contributed by atoms with van der Waals surface area (Å²) >= 11 is 0.